The van der Waals surface area contributed by atoms with E-state index in [1.165, 1.54) is 0 Å². The molecule has 1 rings (SSSR count). The zero-order chi connectivity index (χ0) is 11.1. The van der Waals surface area contributed by atoms with Gasteiger partial charge in [-0.05, 0) is 54.1 Å². The summed E-state index contributed by atoms with van der Waals surface area (Å²) >= 11 is 8.14. The van der Waals surface area contributed by atoms with Crippen LogP contribution in [0, 0.1) is 3.57 Å². The van der Waals surface area contributed by atoms with Gasteiger partial charge in [-0.2, -0.15) is 0 Å². The number of benzene rings is 1. The van der Waals surface area contributed by atoms with E-state index >= 15 is 0 Å². The van der Waals surface area contributed by atoms with Gasteiger partial charge in [0.1, 0.15) is 0 Å². The van der Waals surface area contributed by atoms with Crippen LogP contribution in [-0.4, -0.2) is 19.8 Å². The van der Waals surface area contributed by atoms with Crippen molar-refractivity contribution in [1.29, 1.82) is 0 Å². The Morgan fingerprint density at radius 1 is 1.47 bits per heavy atom. The number of hydrogen-bond donors (Lipinski definition) is 1. The van der Waals surface area contributed by atoms with Gasteiger partial charge in [0.2, 0.25) is 0 Å². The van der Waals surface area contributed by atoms with Crippen molar-refractivity contribution in [3.05, 3.63) is 26.8 Å². The summed E-state index contributed by atoms with van der Waals surface area (Å²) in [4.78, 5) is 0. The average Bonchev–Trinajstić information content (AvgIpc) is 2.20. The van der Waals surface area contributed by atoms with Crippen molar-refractivity contribution in [1.82, 2.24) is 0 Å². The first kappa shape index (κ1) is 13.1. The van der Waals surface area contributed by atoms with Gasteiger partial charge >= 0.3 is 0 Å². The first-order valence-electron chi connectivity index (χ1n) is 5.00. The Bertz CT molecular complexity index is 307. The SMILES string of the molecule is CCOCCCNc1ccc(Cl)cc1I. The molecule has 0 radical (unpaired) electrons. The Balaban J connectivity index is 2.31. The molecule has 0 heterocycles. The second kappa shape index (κ2) is 7.30. The minimum Gasteiger partial charge on any atom is -0.384 e. The standard InChI is InChI=1S/C11H15ClINO/c1-2-15-7-3-6-14-11-5-4-9(12)8-10(11)13/h4-5,8,14H,2-3,6-7H2,1H3. The lowest BCUT2D eigenvalue weighted by Gasteiger charge is -2.08. The van der Waals surface area contributed by atoms with Crippen LogP contribution in [0.4, 0.5) is 5.69 Å². The van der Waals surface area contributed by atoms with E-state index in [1.54, 1.807) is 0 Å². The van der Waals surface area contributed by atoms with Gasteiger partial charge in [0.25, 0.3) is 0 Å². The van der Waals surface area contributed by atoms with Crippen molar-refractivity contribution >= 4 is 39.9 Å². The number of halogens is 2. The summed E-state index contributed by atoms with van der Waals surface area (Å²) < 4.78 is 6.41. The molecule has 0 atom stereocenters. The summed E-state index contributed by atoms with van der Waals surface area (Å²) in [5, 5.41) is 4.13. The van der Waals surface area contributed by atoms with Crippen LogP contribution in [0.2, 0.25) is 5.02 Å². The minimum atomic E-state index is 0.777. The molecule has 1 aromatic rings. The molecule has 0 aliphatic rings. The molecule has 0 spiro atoms. The monoisotopic (exact) mass is 339 g/mol. The average molecular weight is 340 g/mol. The van der Waals surface area contributed by atoms with Crippen molar-refractivity contribution < 1.29 is 4.74 Å². The fraction of sp³-hybridized carbons (Fsp3) is 0.455. The number of hydrogen-bond acceptors (Lipinski definition) is 2. The Labute approximate surface area is 109 Å². The van der Waals surface area contributed by atoms with Gasteiger partial charge in [-0.15, -0.1) is 0 Å². The minimum absolute atomic E-state index is 0.777. The zero-order valence-corrected chi connectivity index (χ0v) is 11.6. The highest BCUT2D eigenvalue weighted by Gasteiger charge is 1.99. The van der Waals surface area contributed by atoms with Crippen LogP contribution < -0.4 is 5.32 Å². The molecule has 2 nitrogen and oxygen atoms in total. The van der Waals surface area contributed by atoms with Crippen LogP contribution in [0.25, 0.3) is 0 Å². The summed E-state index contributed by atoms with van der Waals surface area (Å²) in [5.74, 6) is 0. The van der Waals surface area contributed by atoms with Crippen molar-refractivity contribution in [2.24, 2.45) is 0 Å². The summed E-state index contributed by atoms with van der Waals surface area (Å²) in [5.41, 5.74) is 1.14. The molecular weight excluding hydrogens is 324 g/mol. The molecule has 0 aromatic heterocycles. The van der Waals surface area contributed by atoms with Crippen molar-refractivity contribution in [2.75, 3.05) is 25.1 Å². The number of nitrogens with one attached hydrogen (secondary N) is 1. The van der Waals surface area contributed by atoms with Crippen LogP contribution in [-0.2, 0) is 4.74 Å². The molecule has 84 valence electrons. The predicted molar refractivity (Wildman–Crippen MR) is 73.8 cm³/mol. The van der Waals surface area contributed by atoms with E-state index < -0.39 is 0 Å². The molecule has 0 aliphatic heterocycles. The number of rotatable bonds is 6. The molecule has 0 unspecified atom stereocenters. The maximum Gasteiger partial charge on any atom is 0.0482 e. The van der Waals surface area contributed by atoms with E-state index in [9.17, 15) is 0 Å². The van der Waals surface area contributed by atoms with Crippen LogP contribution in [0.3, 0.4) is 0 Å². The maximum absolute atomic E-state index is 5.87. The molecule has 0 amide bonds. The van der Waals surface area contributed by atoms with E-state index in [2.05, 4.69) is 27.9 Å². The van der Waals surface area contributed by atoms with E-state index in [-0.39, 0.29) is 0 Å². The fourth-order valence-electron chi connectivity index (χ4n) is 1.17. The lowest BCUT2D eigenvalue weighted by atomic mass is 10.3. The third kappa shape index (κ3) is 5.04. The Kier molecular flexibility index (Phi) is 6.36. The largest absolute Gasteiger partial charge is 0.384 e. The fourth-order valence-corrected chi connectivity index (χ4v) is 2.24. The quantitative estimate of drug-likeness (QED) is 0.629. The molecule has 0 aliphatic carbocycles. The molecule has 1 aromatic carbocycles. The van der Waals surface area contributed by atoms with Gasteiger partial charge in [-0.3, -0.25) is 0 Å². The third-order valence-electron chi connectivity index (χ3n) is 1.92. The molecule has 0 fully saturated rings. The van der Waals surface area contributed by atoms with E-state index in [0.717, 1.165) is 40.5 Å². The first-order valence-corrected chi connectivity index (χ1v) is 6.46. The van der Waals surface area contributed by atoms with Gasteiger partial charge in [0.05, 0.1) is 0 Å². The zero-order valence-electron chi connectivity index (χ0n) is 8.72. The molecule has 0 bridgehead atoms. The van der Waals surface area contributed by atoms with E-state index in [4.69, 9.17) is 16.3 Å². The van der Waals surface area contributed by atoms with Gasteiger partial charge in [0, 0.05) is 34.0 Å². The number of ether oxygens (including phenoxy) is 1. The van der Waals surface area contributed by atoms with Crippen molar-refractivity contribution in [2.45, 2.75) is 13.3 Å². The van der Waals surface area contributed by atoms with Crippen LogP contribution in [0.15, 0.2) is 18.2 Å². The van der Waals surface area contributed by atoms with Crippen LogP contribution in [0.5, 0.6) is 0 Å². The highest BCUT2D eigenvalue weighted by Crippen LogP contribution is 2.21. The van der Waals surface area contributed by atoms with Gasteiger partial charge < -0.3 is 10.1 Å². The highest BCUT2D eigenvalue weighted by atomic mass is 127. The second-order valence-corrected chi connectivity index (χ2v) is 4.70. The molecule has 15 heavy (non-hydrogen) atoms. The lowest BCUT2D eigenvalue weighted by Crippen LogP contribution is -2.06. The Hall–Kier alpha value is -0.000000000000000111. The molecule has 0 saturated heterocycles. The van der Waals surface area contributed by atoms with Crippen molar-refractivity contribution in [3.8, 4) is 0 Å². The highest BCUT2D eigenvalue weighted by molar-refractivity contribution is 14.1. The van der Waals surface area contributed by atoms with Gasteiger partial charge in [-0.25, -0.2) is 0 Å². The second-order valence-electron chi connectivity index (χ2n) is 3.10. The summed E-state index contributed by atoms with van der Waals surface area (Å²) in [7, 11) is 0. The molecule has 4 heteroatoms. The van der Waals surface area contributed by atoms with Gasteiger partial charge in [0.15, 0.2) is 0 Å². The van der Waals surface area contributed by atoms with Crippen LogP contribution >= 0.6 is 34.2 Å². The van der Waals surface area contributed by atoms with E-state index in [0.29, 0.717) is 0 Å². The topological polar surface area (TPSA) is 21.3 Å². The summed E-state index contributed by atoms with van der Waals surface area (Å²) in [6.07, 6.45) is 1.02. The normalized spacial score (nSPS) is 10.3. The van der Waals surface area contributed by atoms with Gasteiger partial charge in [-0.1, -0.05) is 11.6 Å². The molecular formula is C11H15ClINO. The lowest BCUT2D eigenvalue weighted by molar-refractivity contribution is 0.147. The molecule has 1 N–H and O–H groups in total. The van der Waals surface area contributed by atoms with Crippen molar-refractivity contribution in [3.63, 3.8) is 0 Å². The van der Waals surface area contributed by atoms with E-state index in [1.807, 2.05) is 25.1 Å². The smallest absolute Gasteiger partial charge is 0.0482 e. The number of anilines is 1. The summed E-state index contributed by atoms with van der Waals surface area (Å²) in [6, 6.07) is 5.85. The Morgan fingerprint density at radius 3 is 2.93 bits per heavy atom. The van der Waals surface area contributed by atoms with Crippen LogP contribution in [0.1, 0.15) is 13.3 Å². The molecule has 0 saturated carbocycles. The maximum atomic E-state index is 5.87. The predicted octanol–water partition coefficient (Wildman–Crippen LogP) is 3.78. The summed E-state index contributed by atoms with van der Waals surface area (Å²) in [6.45, 7) is 4.54. The third-order valence-corrected chi connectivity index (χ3v) is 3.04. The Morgan fingerprint density at radius 2 is 2.27 bits per heavy atom. The first-order chi connectivity index (χ1) is 7.24.